The molecule has 2 heterocycles. The second-order valence-electron chi connectivity index (χ2n) is 13.7. The summed E-state index contributed by atoms with van der Waals surface area (Å²) in [5.41, 5.74) is 11.6. The Kier molecular flexibility index (Phi) is 6.55. The molecule has 0 aliphatic heterocycles. The third-order valence-electron chi connectivity index (χ3n) is 10.7. The van der Waals surface area contributed by atoms with E-state index in [-0.39, 0.29) is 0 Å². The van der Waals surface area contributed by atoms with E-state index in [1.807, 2.05) is 24.3 Å². The molecule has 0 spiro atoms. The van der Waals surface area contributed by atoms with Crippen LogP contribution < -0.4 is 4.90 Å². The van der Waals surface area contributed by atoms with Crippen molar-refractivity contribution in [2.45, 2.75) is 0 Å². The highest BCUT2D eigenvalue weighted by molar-refractivity contribution is 6.19. The van der Waals surface area contributed by atoms with Crippen LogP contribution in [0.1, 0.15) is 0 Å². The minimum Gasteiger partial charge on any atom is -0.456 e. The van der Waals surface area contributed by atoms with E-state index >= 15 is 0 Å². The molecule has 0 radical (unpaired) electrons. The van der Waals surface area contributed by atoms with Crippen LogP contribution in [0.15, 0.2) is 197 Å². The first-order valence-electron chi connectivity index (χ1n) is 18.0. The number of furan rings is 2. The fourth-order valence-electron chi connectivity index (χ4n) is 8.09. The van der Waals surface area contributed by atoms with Crippen molar-refractivity contribution in [1.82, 2.24) is 0 Å². The van der Waals surface area contributed by atoms with Crippen LogP contribution in [0.5, 0.6) is 0 Å². The van der Waals surface area contributed by atoms with Crippen molar-refractivity contribution in [3.8, 4) is 22.3 Å². The number of fused-ring (bicyclic) bond motifs is 9. The van der Waals surface area contributed by atoms with Crippen LogP contribution in [0.3, 0.4) is 0 Å². The molecular weight excluding hydrogens is 647 g/mol. The van der Waals surface area contributed by atoms with Crippen LogP contribution in [-0.2, 0) is 0 Å². The Morgan fingerprint density at radius 2 is 0.849 bits per heavy atom. The minimum atomic E-state index is 0.882. The lowest BCUT2D eigenvalue weighted by molar-refractivity contribution is 0.668. The molecule has 0 aliphatic rings. The van der Waals surface area contributed by atoms with Gasteiger partial charge in [0.15, 0.2) is 0 Å². The van der Waals surface area contributed by atoms with Crippen molar-refractivity contribution in [2.75, 3.05) is 4.90 Å². The minimum absolute atomic E-state index is 0.882. The highest BCUT2D eigenvalue weighted by Crippen LogP contribution is 2.41. The van der Waals surface area contributed by atoms with E-state index in [4.69, 9.17) is 8.83 Å². The predicted molar refractivity (Wildman–Crippen MR) is 222 cm³/mol. The molecule has 2 aromatic heterocycles. The second-order valence-corrected chi connectivity index (χ2v) is 13.7. The fraction of sp³-hybridized carbons (Fsp3) is 0. The van der Waals surface area contributed by atoms with Gasteiger partial charge >= 0.3 is 0 Å². The van der Waals surface area contributed by atoms with E-state index in [0.29, 0.717) is 0 Å². The van der Waals surface area contributed by atoms with Crippen LogP contribution in [-0.4, -0.2) is 0 Å². The quantitative estimate of drug-likeness (QED) is 0.182. The predicted octanol–water partition coefficient (Wildman–Crippen LogP) is 14.6. The fourth-order valence-corrected chi connectivity index (χ4v) is 8.09. The topological polar surface area (TPSA) is 29.5 Å². The van der Waals surface area contributed by atoms with Crippen molar-refractivity contribution in [1.29, 1.82) is 0 Å². The molecule has 53 heavy (non-hydrogen) atoms. The Morgan fingerprint density at radius 3 is 1.66 bits per heavy atom. The summed E-state index contributed by atoms with van der Waals surface area (Å²) in [5, 5.41) is 9.41. The summed E-state index contributed by atoms with van der Waals surface area (Å²) >= 11 is 0. The highest BCUT2D eigenvalue weighted by Gasteiger charge is 2.17. The van der Waals surface area contributed by atoms with Crippen LogP contribution in [0, 0.1) is 0 Å². The summed E-state index contributed by atoms with van der Waals surface area (Å²) in [6.45, 7) is 0. The number of hydrogen-bond donors (Lipinski definition) is 0. The first-order chi connectivity index (χ1) is 26.2. The molecule has 11 aromatic rings. The van der Waals surface area contributed by atoms with E-state index in [9.17, 15) is 0 Å². The molecule has 3 heteroatoms. The summed E-state index contributed by atoms with van der Waals surface area (Å²) in [5.74, 6) is 0. The van der Waals surface area contributed by atoms with Gasteiger partial charge in [-0.05, 0) is 111 Å². The van der Waals surface area contributed by atoms with Gasteiger partial charge in [0, 0.05) is 38.6 Å². The Balaban J connectivity index is 1.03. The van der Waals surface area contributed by atoms with Gasteiger partial charge in [-0.3, -0.25) is 0 Å². The number of para-hydroxylation sites is 2. The SMILES string of the molecule is c1ccc2c(-c3ccc(N(c4ccc(-c5ccc6ccc7oc8ccccc8c7c6c5)cc4)c4ccc5oc6ccccc6c5c4)cc3)cccc2c1. The third-order valence-corrected chi connectivity index (χ3v) is 10.7. The summed E-state index contributed by atoms with van der Waals surface area (Å²) < 4.78 is 12.4. The molecule has 0 atom stereocenters. The molecule has 0 N–H and O–H groups in total. The van der Waals surface area contributed by atoms with Crippen molar-refractivity contribution >= 4 is 82.5 Å². The van der Waals surface area contributed by atoms with Gasteiger partial charge in [0.2, 0.25) is 0 Å². The van der Waals surface area contributed by atoms with Gasteiger partial charge in [-0.1, -0.05) is 121 Å². The maximum Gasteiger partial charge on any atom is 0.136 e. The van der Waals surface area contributed by atoms with Gasteiger partial charge in [-0.25, -0.2) is 0 Å². The van der Waals surface area contributed by atoms with E-state index < -0.39 is 0 Å². The van der Waals surface area contributed by atoms with Gasteiger partial charge in [0.05, 0.1) is 0 Å². The molecule has 9 aromatic carbocycles. The van der Waals surface area contributed by atoms with E-state index in [2.05, 4.69) is 169 Å². The molecule has 0 aliphatic carbocycles. The molecule has 0 fully saturated rings. The molecule has 248 valence electrons. The van der Waals surface area contributed by atoms with E-state index in [0.717, 1.165) is 66.5 Å². The normalized spacial score (nSPS) is 11.8. The zero-order valence-electron chi connectivity index (χ0n) is 28.7. The van der Waals surface area contributed by atoms with Gasteiger partial charge in [-0.2, -0.15) is 0 Å². The molecule has 3 nitrogen and oxygen atoms in total. The molecular formula is C50H31NO2. The number of hydrogen-bond acceptors (Lipinski definition) is 3. The van der Waals surface area contributed by atoms with Gasteiger partial charge in [0.1, 0.15) is 22.3 Å². The number of rotatable bonds is 5. The van der Waals surface area contributed by atoms with Crippen molar-refractivity contribution in [2.24, 2.45) is 0 Å². The van der Waals surface area contributed by atoms with Gasteiger partial charge in [0.25, 0.3) is 0 Å². The standard InChI is InChI=1S/C50H31NO2/c1-2-10-40-33(8-1)9-7-13-41(40)34-20-25-38(26-21-34)51(39-27-29-48-45(31-39)42-11-3-5-14-46(42)52-48)37-23-18-32(19-24-37)36-17-16-35-22-28-49-50(44(35)30-36)43-12-4-6-15-47(43)53-49/h1-31H. The van der Waals surface area contributed by atoms with Crippen LogP contribution >= 0.6 is 0 Å². The van der Waals surface area contributed by atoms with Crippen LogP contribution in [0.2, 0.25) is 0 Å². The van der Waals surface area contributed by atoms with Crippen molar-refractivity contribution in [3.63, 3.8) is 0 Å². The maximum absolute atomic E-state index is 6.22. The molecule has 0 unspecified atom stereocenters. The van der Waals surface area contributed by atoms with E-state index in [1.165, 1.54) is 38.2 Å². The number of anilines is 3. The summed E-state index contributed by atoms with van der Waals surface area (Å²) in [6.07, 6.45) is 0. The number of nitrogens with zero attached hydrogens (tertiary/aromatic N) is 1. The zero-order valence-corrected chi connectivity index (χ0v) is 28.7. The van der Waals surface area contributed by atoms with E-state index in [1.54, 1.807) is 0 Å². The second kappa shape index (κ2) is 11.7. The smallest absolute Gasteiger partial charge is 0.136 e. The summed E-state index contributed by atoms with van der Waals surface area (Å²) in [7, 11) is 0. The highest BCUT2D eigenvalue weighted by atomic mass is 16.3. The summed E-state index contributed by atoms with van der Waals surface area (Å²) in [6, 6.07) is 66.9. The first-order valence-corrected chi connectivity index (χ1v) is 18.0. The Labute approximate surface area is 305 Å². The third kappa shape index (κ3) is 4.82. The summed E-state index contributed by atoms with van der Waals surface area (Å²) in [4.78, 5) is 2.33. The lowest BCUT2D eigenvalue weighted by Gasteiger charge is -2.26. The zero-order chi connectivity index (χ0) is 34.9. The monoisotopic (exact) mass is 677 g/mol. The van der Waals surface area contributed by atoms with Crippen molar-refractivity contribution in [3.05, 3.63) is 188 Å². The lowest BCUT2D eigenvalue weighted by atomic mass is 9.97. The van der Waals surface area contributed by atoms with Crippen LogP contribution in [0.4, 0.5) is 17.1 Å². The first kappa shape index (κ1) is 29.6. The van der Waals surface area contributed by atoms with Crippen LogP contribution in [0.25, 0.3) is 87.7 Å². The average Bonchev–Trinajstić information content (AvgIpc) is 3.80. The maximum atomic E-state index is 6.22. The molecule has 0 saturated heterocycles. The largest absolute Gasteiger partial charge is 0.456 e. The average molecular weight is 678 g/mol. The lowest BCUT2D eigenvalue weighted by Crippen LogP contribution is -2.09. The molecule has 11 rings (SSSR count). The molecule has 0 amide bonds. The molecule has 0 bridgehead atoms. The Bertz CT molecular complexity index is 3160. The molecule has 0 saturated carbocycles. The number of benzene rings is 9. The van der Waals surface area contributed by atoms with Gasteiger partial charge < -0.3 is 13.7 Å². The Morgan fingerprint density at radius 1 is 0.302 bits per heavy atom. The Hall–Kier alpha value is -7.10. The van der Waals surface area contributed by atoms with Crippen molar-refractivity contribution < 1.29 is 8.83 Å². The van der Waals surface area contributed by atoms with Gasteiger partial charge in [-0.15, -0.1) is 0 Å².